The third kappa shape index (κ3) is 2.55. The zero-order chi connectivity index (χ0) is 14.9. The number of hydrogen-bond donors (Lipinski definition) is 0. The van der Waals surface area contributed by atoms with Crippen molar-refractivity contribution in [3.05, 3.63) is 41.5 Å². The van der Waals surface area contributed by atoms with Crippen LogP contribution in [0, 0.1) is 0 Å². The highest BCUT2D eigenvalue weighted by Crippen LogP contribution is 2.30. The van der Waals surface area contributed by atoms with Gasteiger partial charge in [-0.1, -0.05) is 6.07 Å². The Morgan fingerprint density at radius 2 is 2.00 bits per heavy atom. The van der Waals surface area contributed by atoms with Crippen LogP contribution in [0.1, 0.15) is 22.5 Å². The molecule has 3 aliphatic heterocycles. The highest BCUT2D eigenvalue weighted by molar-refractivity contribution is 7.17. The minimum absolute atomic E-state index is 0.203. The van der Waals surface area contributed by atoms with Crippen molar-refractivity contribution in [1.29, 1.82) is 0 Å². The Kier molecular flexibility index (Phi) is 3.68. The number of carbonyl (C=O) groups excluding carboxylic acids is 1. The zero-order valence-corrected chi connectivity index (χ0v) is 13.3. The van der Waals surface area contributed by atoms with Crippen LogP contribution in [0.3, 0.4) is 0 Å². The lowest BCUT2D eigenvalue weighted by Crippen LogP contribution is -2.41. The number of amides is 1. The maximum Gasteiger partial charge on any atom is 0.264 e. The Morgan fingerprint density at radius 1 is 1.14 bits per heavy atom. The summed E-state index contributed by atoms with van der Waals surface area (Å²) >= 11 is 1.58. The predicted octanol–water partition coefficient (Wildman–Crippen LogP) is 2.73. The second kappa shape index (κ2) is 5.82. The molecule has 0 radical (unpaired) electrons. The van der Waals surface area contributed by atoms with Gasteiger partial charge in [0.2, 0.25) is 0 Å². The molecule has 3 saturated heterocycles. The highest BCUT2D eigenvalue weighted by atomic mass is 32.1. The molecule has 0 spiro atoms. The number of piperidine rings is 1. The Labute approximate surface area is 134 Å². The average molecular weight is 313 g/mol. The van der Waals surface area contributed by atoms with Crippen LogP contribution in [-0.4, -0.2) is 52.9 Å². The molecule has 22 heavy (non-hydrogen) atoms. The molecule has 5 heterocycles. The topological polar surface area (TPSA) is 36.4 Å². The third-order valence-electron chi connectivity index (χ3n) is 4.68. The molecule has 0 N–H and O–H groups in total. The van der Waals surface area contributed by atoms with Gasteiger partial charge in [-0.15, -0.1) is 11.3 Å². The molecule has 5 rings (SSSR count). The third-order valence-corrected chi connectivity index (χ3v) is 5.80. The van der Waals surface area contributed by atoms with Crippen molar-refractivity contribution in [2.75, 3.05) is 26.2 Å². The molecule has 1 amide bonds. The van der Waals surface area contributed by atoms with E-state index >= 15 is 0 Å². The number of nitrogens with zero attached hydrogens (tertiary/aromatic N) is 3. The van der Waals surface area contributed by atoms with Gasteiger partial charge in [-0.3, -0.25) is 9.78 Å². The fourth-order valence-corrected chi connectivity index (χ4v) is 4.36. The van der Waals surface area contributed by atoms with E-state index in [1.54, 1.807) is 17.5 Å². The van der Waals surface area contributed by atoms with E-state index in [0.29, 0.717) is 6.04 Å². The Morgan fingerprint density at radius 3 is 2.77 bits per heavy atom. The molecule has 2 aromatic heterocycles. The van der Waals surface area contributed by atoms with Crippen molar-refractivity contribution < 1.29 is 4.79 Å². The molecule has 2 bridgehead atoms. The molecule has 0 aliphatic carbocycles. The molecule has 3 fully saturated rings. The predicted molar refractivity (Wildman–Crippen MR) is 88.0 cm³/mol. The van der Waals surface area contributed by atoms with Gasteiger partial charge in [0.1, 0.15) is 0 Å². The summed E-state index contributed by atoms with van der Waals surface area (Å²) in [5.74, 6) is 0.203. The number of hydrogen-bond acceptors (Lipinski definition) is 4. The van der Waals surface area contributed by atoms with E-state index < -0.39 is 0 Å². The summed E-state index contributed by atoms with van der Waals surface area (Å²) in [5.41, 5.74) is 1.08. The van der Waals surface area contributed by atoms with Crippen molar-refractivity contribution in [1.82, 2.24) is 14.8 Å². The van der Waals surface area contributed by atoms with Crippen molar-refractivity contribution >= 4 is 17.2 Å². The van der Waals surface area contributed by atoms with E-state index in [1.165, 1.54) is 0 Å². The van der Waals surface area contributed by atoms with E-state index in [9.17, 15) is 4.79 Å². The summed E-state index contributed by atoms with van der Waals surface area (Å²) in [4.78, 5) is 23.6. The summed E-state index contributed by atoms with van der Waals surface area (Å²) in [5, 5.41) is 0. The monoisotopic (exact) mass is 313 g/mol. The van der Waals surface area contributed by atoms with Gasteiger partial charge in [0.05, 0.1) is 4.88 Å². The highest BCUT2D eigenvalue weighted by Gasteiger charge is 2.32. The fraction of sp³-hybridized carbons (Fsp3) is 0.412. The van der Waals surface area contributed by atoms with Crippen LogP contribution in [0.4, 0.5) is 0 Å². The molecular weight excluding hydrogens is 294 g/mol. The second-order valence-electron chi connectivity index (χ2n) is 5.98. The van der Waals surface area contributed by atoms with Crippen molar-refractivity contribution in [3.63, 3.8) is 0 Å². The number of fused-ring (bicyclic) bond motifs is 4. The molecular formula is C17H19N3OS. The van der Waals surface area contributed by atoms with Crippen LogP contribution in [0.2, 0.25) is 0 Å². The summed E-state index contributed by atoms with van der Waals surface area (Å²) < 4.78 is 0. The van der Waals surface area contributed by atoms with Crippen LogP contribution >= 0.6 is 11.3 Å². The van der Waals surface area contributed by atoms with E-state index in [2.05, 4.69) is 14.8 Å². The van der Waals surface area contributed by atoms with Gasteiger partial charge in [-0.2, -0.15) is 0 Å². The Hall–Kier alpha value is -1.72. The van der Waals surface area contributed by atoms with E-state index in [4.69, 9.17) is 0 Å². The molecule has 2 aromatic rings. The molecule has 0 atom stereocenters. The lowest BCUT2D eigenvalue weighted by Gasteiger charge is -2.31. The molecule has 0 saturated carbocycles. The minimum Gasteiger partial charge on any atom is -0.334 e. The van der Waals surface area contributed by atoms with Gasteiger partial charge in [-0.25, -0.2) is 0 Å². The normalized spacial score (nSPS) is 24.3. The average Bonchev–Trinajstić information content (AvgIpc) is 2.88. The van der Waals surface area contributed by atoms with Crippen molar-refractivity contribution in [3.8, 4) is 10.4 Å². The maximum absolute atomic E-state index is 12.9. The largest absolute Gasteiger partial charge is 0.334 e. The molecule has 5 heteroatoms. The van der Waals surface area contributed by atoms with Gasteiger partial charge in [-0.05, 0) is 31.0 Å². The van der Waals surface area contributed by atoms with E-state index in [1.807, 2.05) is 30.5 Å². The van der Waals surface area contributed by atoms with Gasteiger partial charge in [0.15, 0.2) is 0 Å². The van der Waals surface area contributed by atoms with Crippen LogP contribution in [0.15, 0.2) is 36.7 Å². The van der Waals surface area contributed by atoms with Crippen molar-refractivity contribution in [2.24, 2.45) is 0 Å². The number of aromatic nitrogens is 1. The lowest BCUT2D eigenvalue weighted by atomic mass is 10.1. The first-order valence-electron chi connectivity index (χ1n) is 7.85. The van der Waals surface area contributed by atoms with Gasteiger partial charge < -0.3 is 9.80 Å². The standard InChI is InChI=1S/C17H19N3OS/c21-17(20-11-10-19-8-5-14(20)6-9-19)16-4-3-15(22-16)13-2-1-7-18-12-13/h1-4,7,12,14H,5-6,8-11H2. The van der Waals surface area contributed by atoms with Gasteiger partial charge in [0.25, 0.3) is 5.91 Å². The quantitative estimate of drug-likeness (QED) is 0.855. The molecule has 0 aromatic carbocycles. The second-order valence-corrected chi connectivity index (χ2v) is 7.06. The SMILES string of the molecule is O=C(c1ccc(-c2cccnc2)s1)N1CCN2CCC1CC2. The Balaban J connectivity index is 1.57. The summed E-state index contributed by atoms with van der Waals surface area (Å²) in [6.07, 6.45) is 5.85. The van der Waals surface area contributed by atoms with Crippen LogP contribution < -0.4 is 0 Å². The number of thiophene rings is 1. The summed E-state index contributed by atoms with van der Waals surface area (Å²) in [6, 6.07) is 8.39. The maximum atomic E-state index is 12.9. The first-order chi connectivity index (χ1) is 10.8. The summed E-state index contributed by atoms with van der Waals surface area (Å²) in [6.45, 7) is 4.16. The van der Waals surface area contributed by atoms with Gasteiger partial charge >= 0.3 is 0 Å². The smallest absolute Gasteiger partial charge is 0.264 e. The summed E-state index contributed by atoms with van der Waals surface area (Å²) in [7, 11) is 0. The van der Waals surface area contributed by atoms with Crippen molar-refractivity contribution in [2.45, 2.75) is 18.9 Å². The number of carbonyl (C=O) groups is 1. The lowest BCUT2D eigenvalue weighted by molar-refractivity contribution is 0.0690. The molecule has 0 unspecified atom stereocenters. The zero-order valence-electron chi connectivity index (χ0n) is 12.4. The first-order valence-corrected chi connectivity index (χ1v) is 8.66. The van der Waals surface area contributed by atoms with Crippen LogP contribution in [0.5, 0.6) is 0 Å². The Bertz CT molecular complexity index is 662. The van der Waals surface area contributed by atoms with E-state index in [-0.39, 0.29) is 5.91 Å². The molecule has 4 nitrogen and oxygen atoms in total. The van der Waals surface area contributed by atoms with Crippen LogP contribution in [0.25, 0.3) is 10.4 Å². The first kappa shape index (κ1) is 13.9. The number of pyridine rings is 1. The minimum atomic E-state index is 0.203. The molecule has 3 aliphatic rings. The molecule has 114 valence electrons. The van der Waals surface area contributed by atoms with Crippen LogP contribution in [-0.2, 0) is 0 Å². The van der Waals surface area contributed by atoms with E-state index in [0.717, 1.165) is 54.3 Å². The fourth-order valence-electron chi connectivity index (χ4n) is 3.41. The number of rotatable bonds is 2. The van der Waals surface area contributed by atoms with Gasteiger partial charge in [0, 0.05) is 55.1 Å².